The van der Waals surface area contributed by atoms with Crippen LogP contribution >= 0.6 is 0 Å². The molecule has 2 rings (SSSR count). The number of carboxylic acids is 1. The summed E-state index contributed by atoms with van der Waals surface area (Å²) in [5.74, 6) is -3.52. The summed E-state index contributed by atoms with van der Waals surface area (Å²) in [7, 11) is 0. The number of halogens is 1. The number of carbonyl (C=O) groups excluding carboxylic acids is 1. The second-order valence-electron chi connectivity index (χ2n) is 4.11. The number of anilines is 1. The van der Waals surface area contributed by atoms with Crippen LogP contribution in [0.1, 0.15) is 26.7 Å². The highest BCUT2D eigenvalue weighted by molar-refractivity contribution is 6.05. The van der Waals surface area contributed by atoms with E-state index in [0.717, 1.165) is 6.07 Å². The van der Waals surface area contributed by atoms with Gasteiger partial charge in [-0.05, 0) is 19.1 Å². The van der Waals surface area contributed by atoms with E-state index in [-0.39, 0.29) is 16.9 Å². The van der Waals surface area contributed by atoms with Crippen LogP contribution < -0.4 is 10.9 Å². The maximum absolute atomic E-state index is 13.4. The number of amides is 1. The molecular weight excluding hydrogens is 281 g/mol. The van der Waals surface area contributed by atoms with Crippen LogP contribution in [-0.2, 0) is 0 Å². The molecule has 0 radical (unpaired) electrons. The second kappa shape index (κ2) is 5.53. The summed E-state index contributed by atoms with van der Waals surface area (Å²) in [6.45, 7) is 1.32. The zero-order chi connectivity index (χ0) is 15.6. The van der Waals surface area contributed by atoms with E-state index in [0.29, 0.717) is 0 Å². The number of aromatic amines is 1. The smallest absolute Gasteiger partial charge is 0.372 e. The number of benzene rings is 1. The van der Waals surface area contributed by atoms with Crippen LogP contribution in [0.2, 0.25) is 0 Å². The first-order chi connectivity index (χ1) is 9.90. The van der Waals surface area contributed by atoms with Crippen molar-refractivity contribution in [3.05, 3.63) is 57.5 Å². The number of aryl methyl sites for hydroxylation is 1. The summed E-state index contributed by atoms with van der Waals surface area (Å²) in [5, 5.41) is 11.0. The van der Waals surface area contributed by atoms with Crippen molar-refractivity contribution in [1.82, 2.24) is 9.97 Å². The summed E-state index contributed by atoms with van der Waals surface area (Å²) < 4.78 is 13.4. The highest BCUT2D eigenvalue weighted by Crippen LogP contribution is 2.13. The van der Waals surface area contributed by atoms with Gasteiger partial charge in [0.1, 0.15) is 11.4 Å². The lowest BCUT2D eigenvalue weighted by molar-refractivity contribution is 0.0682. The van der Waals surface area contributed by atoms with Crippen LogP contribution in [0.25, 0.3) is 0 Å². The molecule has 0 aliphatic heterocycles. The monoisotopic (exact) mass is 291 g/mol. The van der Waals surface area contributed by atoms with E-state index in [1.54, 1.807) is 0 Å². The summed E-state index contributed by atoms with van der Waals surface area (Å²) >= 11 is 0. The van der Waals surface area contributed by atoms with Gasteiger partial charge < -0.3 is 15.4 Å². The van der Waals surface area contributed by atoms with E-state index in [2.05, 4.69) is 10.3 Å². The molecule has 7 nitrogen and oxygen atoms in total. The largest absolute Gasteiger partial charge is 0.475 e. The Morgan fingerprint density at radius 1 is 1.33 bits per heavy atom. The molecule has 1 amide bonds. The van der Waals surface area contributed by atoms with Gasteiger partial charge in [0.25, 0.3) is 11.5 Å². The van der Waals surface area contributed by atoms with Gasteiger partial charge in [0.05, 0.1) is 11.4 Å². The van der Waals surface area contributed by atoms with Gasteiger partial charge in [0.2, 0.25) is 5.82 Å². The Morgan fingerprint density at radius 2 is 2.00 bits per heavy atom. The Morgan fingerprint density at radius 3 is 2.57 bits per heavy atom. The van der Waals surface area contributed by atoms with Gasteiger partial charge in [-0.1, -0.05) is 12.1 Å². The Balaban J connectivity index is 2.39. The van der Waals surface area contributed by atoms with Crippen molar-refractivity contribution in [3.8, 4) is 0 Å². The lowest BCUT2D eigenvalue weighted by atomic mass is 10.2. The maximum Gasteiger partial charge on any atom is 0.372 e. The zero-order valence-electron chi connectivity index (χ0n) is 10.8. The number of hydrogen-bond donors (Lipinski definition) is 3. The van der Waals surface area contributed by atoms with Crippen molar-refractivity contribution in [2.24, 2.45) is 0 Å². The van der Waals surface area contributed by atoms with Gasteiger partial charge >= 0.3 is 5.97 Å². The predicted molar refractivity (Wildman–Crippen MR) is 70.9 cm³/mol. The van der Waals surface area contributed by atoms with Crippen molar-refractivity contribution >= 4 is 17.6 Å². The highest BCUT2D eigenvalue weighted by atomic mass is 19.1. The third kappa shape index (κ3) is 2.94. The zero-order valence-corrected chi connectivity index (χ0v) is 10.8. The van der Waals surface area contributed by atoms with Gasteiger partial charge in [-0.3, -0.25) is 9.59 Å². The van der Waals surface area contributed by atoms with Crippen LogP contribution in [0.5, 0.6) is 0 Å². The number of aromatic carboxylic acids is 1. The highest BCUT2D eigenvalue weighted by Gasteiger charge is 2.19. The van der Waals surface area contributed by atoms with E-state index >= 15 is 0 Å². The molecule has 3 N–H and O–H groups in total. The molecule has 0 saturated heterocycles. The first-order valence-electron chi connectivity index (χ1n) is 5.80. The molecule has 108 valence electrons. The number of nitrogens with zero attached hydrogens (tertiary/aromatic N) is 1. The number of para-hydroxylation sites is 1. The van der Waals surface area contributed by atoms with Crippen molar-refractivity contribution in [2.45, 2.75) is 6.92 Å². The number of rotatable bonds is 3. The first kappa shape index (κ1) is 14.4. The van der Waals surface area contributed by atoms with Crippen molar-refractivity contribution in [2.75, 3.05) is 5.32 Å². The van der Waals surface area contributed by atoms with Crippen LogP contribution in [0.4, 0.5) is 10.1 Å². The van der Waals surface area contributed by atoms with Gasteiger partial charge in [0.15, 0.2) is 0 Å². The van der Waals surface area contributed by atoms with Crippen LogP contribution in [0.3, 0.4) is 0 Å². The molecule has 0 spiro atoms. The molecule has 8 heteroatoms. The quantitative estimate of drug-likeness (QED) is 0.785. The number of aromatic nitrogens is 2. The fourth-order valence-electron chi connectivity index (χ4n) is 1.70. The van der Waals surface area contributed by atoms with Gasteiger partial charge in [-0.2, -0.15) is 0 Å². The molecule has 2 aromatic rings. The van der Waals surface area contributed by atoms with E-state index < -0.39 is 29.1 Å². The maximum atomic E-state index is 13.4. The minimum Gasteiger partial charge on any atom is -0.475 e. The molecule has 0 atom stereocenters. The fraction of sp³-hybridized carbons (Fsp3) is 0.0769. The average Bonchev–Trinajstić information content (AvgIpc) is 2.40. The van der Waals surface area contributed by atoms with E-state index in [1.165, 1.54) is 25.1 Å². The number of hydrogen-bond acceptors (Lipinski definition) is 4. The second-order valence-corrected chi connectivity index (χ2v) is 4.11. The molecule has 1 aromatic heterocycles. The minimum atomic E-state index is -1.42. The van der Waals surface area contributed by atoms with Crippen LogP contribution in [0, 0.1) is 12.7 Å². The van der Waals surface area contributed by atoms with E-state index in [9.17, 15) is 18.8 Å². The molecule has 0 saturated carbocycles. The average molecular weight is 291 g/mol. The molecule has 0 bridgehead atoms. The Bertz CT molecular complexity index is 785. The molecule has 0 aliphatic rings. The van der Waals surface area contributed by atoms with E-state index in [1.807, 2.05) is 4.98 Å². The van der Waals surface area contributed by atoms with Crippen molar-refractivity contribution < 1.29 is 19.1 Å². The molecule has 1 heterocycles. The summed E-state index contributed by atoms with van der Waals surface area (Å²) in [6.07, 6.45) is 0. The third-order valence-electron chi connectivity index (χ3n) is 2.65. The lowest BCUT2D eigenvalue weighted by Crippen LogP contribution is -2.28. The van der Waals surface area contributed by atoms with Crippen LogP contribution in [-0.4, -0.2) is 27.0 Å². The van der Waals surface area contributed by atoms with Gasteiger partial charge in [-0.25, -0.2) is 14.2 Å². The van der Waals surface area contributed by atoms with Gasteiger partial charge in [-0.15, -0.1) is 0 Å². The van der Waals surface area contributed by atoms with Crippen LogP contribution in [0.15, 0.2) is 29.1 Å². The Labute approximate surface area is 117 Å². The molecular formula is C13H10FN3O4. The first-order valence-corrected chi connectivity index (χ1v) is 5.80. The number of carboxylic acid groups (broad SMARTS) is 1. The third-order valence-corrected chi connectivity index (χ3v) is 2.65. The Hall–Kier alpha value is -3.03. The van der Waals surface area contributed by atoms with Crippen molar-refractivity contribution in [1.29, 1.82) is 0 Å². The lowest BCUT2D eigenvalue weighted by Gasteiger charge is -2.07. The molecule has 1 aromatic carbocycles. The summed E-state index contributed by atoms with van der Waals surface area (Å²) in [5.41, 5.74) is -1.44. The fourth-order valence-corrected chi connectivity index (χ4v) is 1.70. The van der Waals surface area contributed by atoms with E-state index in [4.69, 9.17) is 5.11 Å². The Kier molecular flexibility index (Phi) is 3.79. The van der Waals surface area contributed by atoms with Gasteiger partial charge in [0, 0.05) is 0 Å². The standard InChI is InChI=1S/C13H10FN3O4/c1-6-9(12(19)17-10(15-6)13(20)21)11(18)16-8-5-3-2-4-7(8)14/h2-5H,1H3,(H,16,18)(H,20,21)(H,15,17,19). The predicted octanol–water partition coefficient (Wildman–Crippen LogP) is 1.17. The molecule has 0 aliphatic carbocycles. The minimum absolute atomic E-state index is 0.0648. The number of carbonyl (C=O) groups is 2. The molecule has 21 heavy (non-hydrogen) atoms. The van der Waals surface area contributed by atoms with Crippen molar-refractivity contribution in [3.63, 3.8) is 0 Å². The topological polar surface area (TPSA) is 112 Å². The summed E-state index contributed by atoms with van der Waals surface area (Å²) in [4.78, 5) is 40.1. The summed E-state index contributed by atoms with van der Waals surface area (Å²) in [6, 6.07) is 5.45. The molecule has 0 fully saturated rings. The number of nitrogens with one attached hydrogen (secondary N) is 2. The molecule has 0 unspecified atom stereocenters. The normalized spacial score (nSPS) is 10.2. The SMILES string of the molecule is Cc1nc(C(=O)O)[nH]c(=O)c1C(=O)Nc1ccccc1F. The number of H-pyrrole nitrogens is 1.